The molecule has 2 saturated carbocycles. The highest BCUT2D eigenvalue weighted by Gasteiger charge is 2.47. The maximum absolute atomic E-state index is 13.6. The Kier molecular flexibility index (Phi) is 6.42. The van der Waals surface area contributed by atoms with E-state index in [2.05, 4.69) is 9.10 Å². The molecule has 0 spiro atoms. The van der Waals surface area contributed by atoms with Gasteiger partial charge < -0.3 is 9.47 Å². The average Bonchev–Trinajstić information content (AvgIpc) is 3.52. The molecule has 2 aliphatic rings. The molecule has 3 aromatic rings. The number of nitrogens with one attached hydrogen (secondary N) is 1. The summed E-state index contributed by atoms with van der Waals surface area (Å²) in [6.45, 7) is 0. The number of aromatic nitrogens is 1. The van der Waals surface area contributed by atoms with Crippen molar-refractivity contribution in [3.63, 3.8) is 0 Å². The summed E-state index contributed by atoms with van der Waals surface area (Å²) in [4.78, 5) is 12.7. The van der Waals surface area contributed by atoms with Crippen LogP contribution >= 0.6 is 23.1 Å². The summed E-state index contributed by atoms with van der Waals surface area (Å²) in [6, 6.07) is 9.08. The van der Waals surface area contributed by atoms with Crippen molar-refractivity contribution in [2.24, 2.45) is 0 Å². The molecule has 36 heavy (non-hydrogen) atoms. The number of esters is 1. The number of sulfonamides is 1. The Labute approximate surface area is 215 Å². The lowest BCUT2D eigenvalue weighted by atomic mass is 9.91. The van der Waals surface area contributed by atoms with Gasteiger partial charge in [0.2, 0.25) is 0 Å². The van der Waals surface area contributed by atoms with Gasteiger partial charge in [0, 0.05) is 30.7 Å². The van der Waals surface area contributed by atoms with Crippen LogP contribution in [-0.4, -0.2) is 37.9 Å². The fourth-order valence-corrected chi connectivity index (χ4v) is 6.41. The highest BCUT2D eigenvalue weighted by Crippen LogP contribution is 2.46. The number of hydrogen-bond donors (Lipinski definition) is 1. The maximum atomic E-state index is 13.6. The first-order chi connectivity index (χ1) is 17.1. The van der Waals surface area contributed by atoms with Crippen molar-refractivity contribution >= 4 is 44.8 Å². The van der Waals surface area contributed by atoms with Crippen LogP contribution in [-0.2, 0) is 14.8 Å². The van der Waals surface area contributed by atoms with Gasteiger partial charge in [-0.15, -0.1) is 0 Å². The Bertz CT molecular complexity index is 1420. The minimum atomic E-state index is -4.22. The highest BCUT2D eigenvalue weighted by molar-refractivity contribution is 7.92. The summed E-state index contributed by atoms with van der Waals surface area (Å²) in [5, 5.41) is 0.259. The number of alkyl halides is 2. The molecule has 0 atom stereocenters. The smallest absolute Gasteiger partial charge is 0.337 e. The van der Waals surface area contributed by atoms with Gasteiger partial charge in [-0.2, -0.15) is 0 Å². The highest BCUT2D eigenvalue weighted by atomic mass is 35.5. The molecule has 190 valence electrons. The number of methoxy groups -OCH3 is 1. The first-order valence-corrected chi connectivity index (χ1v) is 13.7. The quantitative estimate of drug-likeness (QED) is 0.338. The van der Waals surface area contributed by atoms with Crippen LogP contribution in [0.15, 0.2) is 47.5 Å². The molecule has 2 aliphatic carbocycles. The van der Waals surface area contributed by atoms with Crippen molar-refractivity contribution in [3.05, 3.63) is 58.7 Å². The van der Waals surface area contributed by atoms with Crippen LogP contribution in [0.5, 0.6) is 5.75 Å². The molecular weight excluding hydrogens is 534 g/mol. The van der Waals surface area contributed by atoms with Gasteiger partial charge in [-0.25, -0.2) is 26.4 Å². The fraction of sp³-hybridized carbons (Fsp3) is 0.333. The summed E-state index contributed by atoms with van der Waals surface area (Å²) < 4.78 is 71.2. The third kappa shape index (κ3) is 5.05. The third-order valence-corrected chi connectivity index (χ3v) is 8.62. The van der Waals surface area contributed by atoms with Gasteiger partial charge in [0.25, 0.3) is 15.9 Å². The number of rotatable bonds is 8. The Morgan fingerprint density at radius 2 is 1.94 bits per heavy atom. The van der Waals surface area contributed by atoms with Crippen LogP contribution in [0.1, 0.15) is 47.5 Å². The van der Waals surface area contributed by atoms with E-state index in [1.807, 2.05) is 0 Å². The Morgan fingerprint density at radius 1 is 1.19 bits per heavy atom. The number of ether oxygens (including phenoxy) is 2. The number of benzene rings is 2. The van der Waals surface area contributed by atoms with E-state index in [-0.39, 0.29) is 32.8 Å². The number of nitrogens with zero attached hydrogens (tertiary/aromatic N) is 1. The number of halogens is 3. The molecule has 0 unspecified atom stereocenters. The number of carbonyl (C=O) groups excluding carboxylic acids is 1. The van der Waals surface area contributed by atoms with E-state index in [9.17, 15) is 22.0 Å². The largest absolute Gasteiger partial charge is 0.488 e. The van der Waals surface area contributed by atoms with E-state index in [0.29, 0.717) is 16.0 Å². The van der Waals surface area contributed by atoms with Crippen molar-refractivity contribution in [2.45, 2.75) is 48.5 Å². The second kappa shape index (κ2) is 9.28. The van der Waals surface area contributed by atoms with E-state index < -0.39 is 40.9 Å². The molecule has 5 rings (SSSR count). The zero-order valence-corrected chi connectivity index (χ0v) is 21.4. The summed E-state index contributed by atoms with van der Waals surface area (Å²) in [5.74, 6) is -3.38. The number of hydrogen-bond acceptors (Lipinski definition) is 7. The van der Waals surface area contributed by atoms with Crippen LogP contribution in [0.3, 0.4) is 0 Å². The van der Waals surface area contributed by atoms with Gasteiger partial charge in [-0.05, 0) is 60.1 Å². The molecule has 0 saturated heterocycles. The van der Waals surface area contributed by atoms with Crippen molar-refractivity contribution in [2.75, 3.05) is 11.8 Å². The summed E-state index contributed by atoms with van der Waals surface area (Å²) >= 11 is 7.62. The Balaban J connectivity index is 1.55. The van der Waals surface area contributed by atoms with E-state index in [1.54, 1.807) is 18.3 Å². The van der Waals surface area contributed by atoms with E-state index in [1.165, 1.54) is 42.9 Å². The topological polar surface area (TPSA) is 94.6 Å². The number of carbonyl (C=O) groups is 1. The lowest BCUT2D eigenvalue weighted by molar-refractivity contribution is -0.134. The zero-order chi connectivity index (χ0) is 25.7. The molecule has 1 aromatic heterocycles. The lowest BCUT2D eigenvalue weighted by Crippen LogP contribution is -2.43. The van der Waals surface area contributed by atoms with Gasteiger partial charge in [-0.3, -0.25) is 4.72 Å². The predicted molar refractivity (Wildman–Crippen MR) is 132 cm³/mol. The lowest BCUT2D eigenvalue weighted by Gasteiger charge is -2.35. The Hall–Kier alpha value is -2.76. The summed E-state index contributed by atoms with van der Waals surface area (Å²) in [6.07, 6.45) is 1.53. The molecule has 0 bridgehead atoms. The first-order valence-electron chi connectivity index (χ1n) is 11.1. The number of anilines is 1. The normalized spacial score (nSPS) is 17.3. The van der Waals surface area contributed by atoms with Gasteiger partial charge in [0.15, 0.2) is 0 Å². The van der Waals surface area contributed by atoms with Crippen molar-refractivity contribution < 1.29 is 31.5 Å². The maximum Gasteiger partial charge on any atom is 0.337 e. The summed E-state index contributed by atoms with van der Waals surface area (Å²) in [5.41, 5.74) is 1.24. The monoisotopic (exact) mass is 554 g/mol. The van der Waals surface area contributed by atoms with E-state index >= 15 is 0 Å². The van der Waals surface area contributed by atoms with Crippen molar-refractivity contribution in [1.82, 2.24) is 4.37 Å². The van der Waals surface area contributed by atoms with Crippen molar-refractivity contribution in [3.8, 4) is 16.2 Å². The van der Waals surface area contributed by atoms with E-state index in [0.717, 1.165) is 12.8 Å². The molecule has 2 fully saturated rings. The second-order valence-corrected chi connectivity index (χ2v) is 11.7. The minimum Gasteiger partial charge on any atom is -0.488 e. The SMILES string of the molecule is COC(=O)c1ccc(C2CC2)c(S(=O)(=O)Nc2cc(-c3ccns3)c(Cl)cc2OC2CC(F)(F)C2)c1. The molecule has 7 nitrogen and oxygen atoms in total. The zero-order valence-electron chi connectivity index (χ0n) is 19.0. The van der Waals surface area contributed by atoms with Gasteiger partial charge in [0.05, 0.1) is 33.2 Å². The molecule has 0 radical (unpaired) electrons. The average molecular weight is 555 g/mol. The molecule has 2 aromatic carbocycles. The van der Waals surface area contributed by atoms with Crippen molar-refractivity contribution in [1.29, 1.82) is 0 Å². The van der Waals surface area contributed by atoms with Crippen LogP contribution in [0, 0.1) is 0 Å². The van der Waals surface area contributed by atoms with Gasteiger partial charge >= 0.3 is 5.97 Å². The molecule has 0 amide bonds. The van der Waals surface area contributed by atoms with Crippen LogP contribution in [0.4, 0.5) is 14.5 Å². The molecular formula is C24H21ClF2N2O5S2. The fourth-order valence-electron chi connectivity index (χ4n) is 4.09. The molecule has 1 N–H and O–H groups in total. The van der Waals surface area contributed by atoms with E-state index in [4.69, 9.17) is 21.1 Å². The van der Waals surface area contributed by atoms with Gasteiger partial charge in [-0.1, -0.05) is 17.7 Å². The molecule has 1 heterocycles. The predicted octanol–water partition coefficient (Wildman–Crippen LogP) is 6.10. The summed E-state index contributed by atoms with van der Waals surface area (Å²) in [7, 11) is -3.01. The van der Waals surface area contributed by atoms with Crippen LogP contribution in [0.25, 0.3) is 10.4 Å². The van der Waals surface area contributed by atoms with Gasteiger partial charge in [0.1, 0.15) is 11.9 Å². The Morgan fingerprint density at radius 3 is 2.56 bits per heavy atom. The second-order valence-electron chi connectivity index (χ2n) is 8.83. The first kappa shape index (κ1) is 24.9. The minimum absolute atomic E-state index is 0.0365. The van der Waals surface area contributed by atoms with Crippen LogP contribution < -0.4 is 9.46 Å². The molecule has 12 heteroatoms. The van der Waals surface area contributed by atoms with Crippen LogP contribution in [0.2, 0.25) is 5.02 Å². The third-order valence-electron chi connectivity index (χ3n) is 6.10. The molecule has 0 aliphatic heterocycles. The standard InChI is InChI=1S/C24H21ClF2N2O5S2/c1-33-23(30)14-4-5-16(13-2-3-13)22(8-14)36(31,32)29-19-9-17(21-6-7-28-35-21)18(25)10-20(19)34-15-11-24(26,27)12-15/h4-10,13,15,29H,2-3,11-12H2,1H3.